The molecule has 1 aromatic heterocycles. The maximum Gasteiger partial charge on any atom is 0.265 e. The number of nitrogens with zero attached hydrogens (tertiary/aromatic N) is 2. The molecule has 0 aliphatic carbocycles. The third-order valence-corrected chi connectivity index (χ3v) is 3.54. The number of rotatable bonds is 4. The van der Waals surface area contributed by atoms with Crippen molar-refractivity contribution in [2.75, 3.05) is 0 Å². The lowest BCUT2D eigenvalue weighted by Crippen LogP contribution is -2.23. The largest absolute Gasteiger partial charge is 0.347 e. The highest BCUT2D eigenvalue weighted by molar-refractivity contribution is 7.08. The molecule has 0 aliphatic heterocycles. The van der Waals surface area contributed by atoms with Crippen LogP contribution in [0, 0.1) is 12.7 Å². The first kappa shape index (κ1) is 13.6. The van der Waals surface area contributed by atoms with Crippen molar-refractivity contribution in [1.29, 1.82) is 0 Å². The van der Waals surface area contributed by atoms with E-state index < -0.39 is 0 Å². The summed E-state index contributed by atoms with van der Waals surface area (Å²) in [5.74, 6) is -0.427. The Bertz CT molecular complexity index is 597. The smallest absolute Gasteiger partial charge is 0.265 e. The molecular weight excluding hydrogens is 265 g/mol. The van der Waals surface area contributed by atoms with Gasteiger partial charge < -0.3 is 5.32 Å². The van der Waals surface area contributed by atoms with Crippen LogP contribution in [0.1, 0.15) is 33.4 Å². The van der Waals surface area contributed by atoms with Gasteiger partial charge in [-0.25, -0.2) is 4.39 Å². The highest BCUT2D eigenvalue weighted by Gasteiger charge is 2.14. The molecule has 0 aliphatic rings. The second-order valence-corrected chi connectivity index (χ2v) is 4.92. The van der Waals surface area contributed by atoms with Crippen LogP contribution in [0.2, 0.25) is 0 Å². The number of carbonyl (C=O) groups is 1. The summed E-state index contributed by atoms with van der Waals surface area (Å²) in [6, 6.07) is 4.79. The molecule has 0 unspecified atom stereocenters. The minimum Gasteiger partial charge on any atom is -0.347 e. The molecule has 19 heavy (non-hydrogen) atoms. The number of aromatic nitrogens is 2. The fraction of sp³-hybridized carbons (Fsp3) is 0.308. The fourth-order valence-electron chi connectivity index (χ4n) is 1.69. The first-order valence-electron chi connectivity index (χ1n) is 5.96. The lowest BCUT2D eigenvalue weighted by atomic mass is 10.1. The number of nitrogens with one attached hydrogen (secondary N) is 1. The average Bonchev–Trinajstić information content (AvgIpc) is 2.88. The van der Waals surface area contributed by atoms with Crippen molar-refractivity contribution in [3.63, 3.8) is 0 Å². The van der Waals surface area contributed by atoms with Gasteiger partial charge in [-0.1, -0.05) is 23.5 Å². The van der Waals surface area contributed by atoms with Gasteiger partial charge in [0.25, 0.3) is 5.91 Å². The van der Waals surface area contributed by atoms with Gasteiger partial charge in [-0.3, -0.25) is 4.79 Å². The van der Waals surface area contributed by atoms with E-state index in [1.54, 1.807) is 19.1 Å². The summed E-state index contributed by atoms with van der Waals surface area (Å²) in [7, 11) is 0. The molecule has 1 aromatic carbocycles. The number of aryl methyl sites for hydroxylation is 2. The van der Waals surface area contributed by atoms with Gasteiger partial charge in [0, 0.05) is 6.54 Å². The zero-order valence-electron chi connectivity index (χ0n) is 10.7. The fourth-order valence-corrected chi connectivity index (χ4v) is 2.36. The number of benzene rings is 1. The Labute approximate surface area is 114 Å². The maximum atomic E-state index is 13.1. The summed E-state index contributed by atoms with van der Waals surface area (Å²) in [5.41, 5.74) is 2.14. The molecule has 0 radical (unpaired) electrons. The third-order valence-electron chi connectivity index (χ3n) is 2.77. The number of carbonyl (C=O) groups excluding carboxylic acids is 1. The minimum atomic E-state index is -0.241. The van der Waals surface area contributed by atoms with Crippen molar-refractivity contribution >= 4 is 17.4 Å². The molecule has 0 saturated heterocycles. The zero-order valence-corrected chi connectivity index (χ0v) is 11.6. The molecule has 1 amide bonds. The van der Waals surface area contributed by atoms with Gasteiger partial charge in [0.05, 0.1) is 5.69 Å². The molecule has 0 atom stereocenters. The van der Waals surface area contributed by atoms with Crippen LogP contribution in [-0.2, 0) is 13.0 Å². The van der Waals surface area contributed by atoms with Gasteiger partial charge in [0.2, 0.25) is 0 Å². The van der Waals surface area contributed by atoms with Gasteiger partial charge in [0.1, 0.15) is 10.7 Å². The van der Waals surface area contributed by atoms with Crippen LogP contribution in [-0.4, -0.2) is 15.5 Å². The van der Waals surface area contributed by atoms with Crippen molar-refractivity contribution in [1.82, 2.24) is 14.9 Å². The minimum absolute atomic E-state index is 0.186. The lowest BCUT2D eigenvalue weighted by molar-refractivity contribution is 0.0954. The van der Waals surface area contributed by atoms with Gasteiger partial charge in [0.15, 0.2) is 0 Å². The Morgan fingerprint density at radius 2 is 2.26 bits per heavy atom. The van der Waals surface area contributed by atoms with E-state index in [-0.39, 0.29) is 11.7 Å². The summed E-state index contributed by atoms with van der Waals surface area (Å²) in [5, 5.41) is 6.69. The standard InChI is InChI=1S/C13H14FN3OS/c1-3-11-12(19-17-16-11)13(18)15-7-9-4-5-10(14)8(2)6-9/h4-6H,3,7H2,1-2H3,(H,15,18). The van der Waals surface area contributed by atoms with Crippen LogP contribution >= 0.6 is 11.5 Å². The molecule has 0 saturated carbocycles. The average molecular weight is 279 g/mol. The Kier molecular flexibility index (Phi) is 4.21. The van der Waals surface area contributed by atoms with E-state index in [2.05, 4.69) is 14.9 Å². The van der Waals surface area contributed by atoms with E-state index in [9.17, 15) is 9.18 Å². The van der Waals surface area contributed by atoms with E-state index in [0.717, 1.165) is 17.1 Å². The van der Waals surface area contributed by atoms with Crippen LogP contribution < -0.4 is 5.32 Å². The van der Waals surface area contributed by atoms with Crippen molar-refractivity contribution in [3.05, 3.63) is 45.7 Å². The van der Waals surface area contributed by atoms with Crippen LogP contribution in [0.4, 0.5) is 4.39 Å². The Balaban J connectivity index is 2.02. The summed E-state index contributed by atoms with van der Waals surface area (Å²) in [6.45, 7) is 3.99. The summed E-state index contributed by atoms with van der Waals surface area (Å²) < 4.78 is 16.9. The normalized spacial score (nSPS) is 10.5. The number of hydrogen-bond donors (Lipinski definition) is 1. The van der Waals surface area contributed by atoms with Crippen molar-refractivity contribution < 1.29 is 9.18 Å². The Hall–Kier alpha value is -1.82. The molecule has 6 heteroatoms. The molecule has 0 bridgehead atoms. The molecule has 1 heterocycles. The van der Waals surface area contributed by atoms with E-state index >= 15 is 0 Å². The van der Waals surface area contributed by atoms with Crippen LogP contribution in [0.5, 0.6) is 0 Å². The van der Waals surface area contributed by atoms with Crippen LogP contribution in [0.25, 0.3) is 0 Å². The topological polar surface area (TPSA) is 54.9 Å². The van der Waals surface area contributed by atoms with Crippen molar-refractivity contribution in [2.45, 2.75) is 26.8 Å². The van der Waals surface area contributed by atoms with Crippen LogP contribution in [0.15, 0.2) is 18.2 Å². The second kappa shape index (κ2) is 5.88. The Morgan fingerprint density at radius 1 is 1.47 bits per heavy atom. The number of amides is 1. The number of hydrogen-bond acceptors (Lipinski definition) is 4. The van der Waals surface area contributed by atoms with Gasteiger partial charge >= 0.3 is 0 Å². The molecular formula is C13H14FN3OS. The summed E-state index contributed by atoms with van der Waals surface area (Å²) in [4.78, 5) is 12.5. The van der Waals surface area contributed by atoms with E-state index in [4.69, 9.17) is 0 Å². The molecule has 4 nitrogen and oxygen atoms in total. The lowest BCUT2D eigenvalue weighted by Gasteiger charge is -2.05. The zero-order chi connectivity index (χ0) is 13.8. The number of halogens is 1. The molecule has 0 spiro atoms. The van der Waals surface area contributed by atoms with Crippen molar-refractivity contribution in [2.24, 2.45) is 0 Å². The SMILES string of the molecule is CCc1nnsc1C(=O)NCc1ccc(F)c(C)c1. The van der Waals surface area contributed by atoms with E-state index in [0.29, 0.717) is 29.1 Å². The predicted octanol–water partition coefficient (Wildman–Crippen LogP) is 2.48. The predicted molar refractivity (Wildman–Crippen MR) is 71.6 cm³/mol. The van der Waals surface area contributed by atoms with Gasteiger partial charge in [-0.05, 0) is 42.1 Å². The Morgan fingerprint density at radius 3 is 2.95 bits per heavy atom. The second-order valence-electron chi connectivity index (χ2n) is 4.17. The first-order chi connectivity index (χ1) is 9.11. The van der Waals surface area contributed by atoms with E-state index in [1.807, 2.05) is 6.92 Å². The van der Waals surface area contributed by atoms with Gasteiger partial charge in [-0.15, -0.1) is 5.10 Å². The summed E-state index contributed by atoms with van der Waals surface area (Å²) in [6.07, 6.45) is 0.676. The monoisotopic (exact) mass is 279 g/mol. The molecule has 100 valence electrons. The molecule has 0 fully saturated rings. The van der Waals surface area contributed by atoms with E-state index in [1.165, 1.54) is 6.07 Å². The summed E-state index contributed by atoms with van der Waals surface area (Å²) >= 11 is 1.09. The van der Waals surface area contributed by atoms with Crippen LogP contribution in [0.3, 0.4) is 0 Å². The first-order valence-corrected chi connectivity index (χ1v) is 6.73. The quantitative estimate of drug-likeness (QED) is 0.935. The van der Waals surface area contributed by atoms with Crippen molar-refractivity contribution in [3.8, 4) is 0 Å². The highest BCUT2D eigenvalue weighted by atomic mass is 32.1. The highest BCUT2D eigenvalue weighted by Crippen LogP contribution is 2.12. The third kappa shape index (κ3) is 3.14. The maximum absolute atomic E-state index is 13.1. The molecule has 1 N–H and O–H groups in total. The van der Waals surface area contributed by atoms with Gasteiger partial charge in [-0.2, -0.15) is 0 Å². The molecule has 2 rings (SSSR count). The molecule has 2 aromatic rings.